The minimum absolute atomic E-state index is 0.325. The number of pyridine rings is 1. The molecule has 0 N–H and O–H groups in total. The zero-order valence-corrected chi connectivity index (χ0v) is 11.1. The van der Waals surface area contributed by atoms with Gasteiger partial charge in [0.15, 0.2) is 0 Å². The van der Waals surface area contributed by atoms with E-state index in [1.807, 2.05) is 31.0 Å². The normalized spacial score (nSPS) is 10.5. The van der Waals surface area contributed by atoms with E-state index in [0.29, 0.717) is 23.2 Å². The average molecular weight is 263 g/mol. The smallest absolute Gasteiger partial charge is 0.128 e. The third-order valence-electron chi connectivity index (χ3n) is 2.20. The Labute approximate surface area is 106 Å². The summed E-state index contributed by atoms with van der Waals surface area (Å²) in [7, 11) is 1.97. The lowest BCUT2D eigenvalue weighted by Crippen LogP contribution is -2.23. The highest BCUT2D eigenvalue weighted by Crippen LogP contribution is 2.19. The molecule has 0 radical (unpaired) electrons. The van der Waals surface area contributed by atoms with Gasteiger partial charge in [0.25, 0.3) is 0 Å². The predicted octanol–water partition coefficient (Wildman–Crippen LogP) is 2.95. The number of ether oxygens (including phenoxy) is 1. The van der Waals surface area contributed by atoms with Crippen molar-refractivity contribution in [3.05, 3.63) is 22.8 Å². The molecule has 0 bridgehead atoms. The first-order chi connectivity index (χ1) is 7.69. The summed E-state index contributed by atoms with van der Waals surface area (Å²) in [5.74, 6) is 1.19. The maximum absolute atomic E-state index is 5.94. The Balaban J connectivity index is 2.64. The minimum atomic E-state index is 0.325. The van der Waals surface area contributed by atoms with Crippen LogP contribution in [0.5, 0.6) is 0 Å². The van der Waals surface area contributed by atoms with Crippen molar-refractivity contribution < 1.29 is 4.74 Å². The third kappa shape index (κ3) is 3.81. The van der Waals surface area contributed by atoms with E-state index >= 15 is 0 Å². The molecular formula is C11H16Cl2N2O. The maximum atomic E-state index is 5.94. The Hall–Kier alpha value is -0.510. The highest BCUT2D eigenvalue weighted by molar-refractivity contribution is 6.32. The molecule has 0 amide bonds. The minimum Gasteiger partial charge on any atom is -0.380 e. The van der Waals surface area contributed by atoms with Crippen molar-refractivity contribution in [2.24, 2.45) is 0 Å². The van der Waals surface area contributed by atoms with Crippen LogP contribution in [-0.2, 0) is 10.6 Å². The number of aromatic nitrogens is 1. The molecule has 0 atom stereocenters. The largest absolute Gasteiger partial charge is 0.380 e. The Morgan fingerprint density at radius 1 is 1.44 bits per heavy atom. The Kier molecular flexibility index (Phi) is 5.88. The van der Waals surface area contributed by atoms with E-state index in [9.17, 15) is 0 Å². The quantitative estimate of drug-likeness (QED) is 0.583. The van der Waals surface area contributed by atoms with Crippen molar-refractivity contribution in [2.75, 3.05) is 31.7 Å². The fraction of sp³-hybridized carbons (Fsp3) is 0.545. The summed E-state index contributed by atoms with van der Waals surface area (Å²) in [5, 5.41) is 0.608. The van der Waals surface area contributed by atoms with Crippen LogP contribution in [0.3, 0.4) is 0 Å². The zero-order valence-electron chi connectivity index (χ0n) is 9.54. The molecule has 0 aromatic carbocycles. The number of likely N-dealkylation sites (N-methyl/N-ethyl adjacent to an activating group) is 1. The van der Waals surface area contributed by atoms with Crippen molar-refractivity contribution in [1.82, 2.24) is 4.98 Å². The molecule has 3 nitrogen and oxygen atoms in total. The SMILES string of the molecule is CCOCCN(C)c1ccc(Cl)c(CCl)n1. The summed E-state index contributed by atoms with van der Waals surface area (Å²) in [6.45, 7) is 4.19. The van der Waals surface area contributed by atoms with E-state index in [2.05, 4.69) is 4.98 Å². The zero-order chi connectivity index (χ0) is 12.0. The van der Waals surface area contributed by atoms with Gasteiger partial charge in [-0.3, -0.25) is 0 Å². The van der Waals surface area contributed by atoms with Crippen LogP contribution in [0.15, 0.2) is 12.1 Å². The molecule has 16 heavy (non-hydrogen) atoms. The maximum Gasteiger partial charge on any atom is 0.128 e. The summed E-state index contributed by atoms with van der Waals surface area (Å²) >= 11 is 11.7. The number of nitrogens with zero attached hydrogens (tertiary/aromatic N) is 2. The van der Waals surface area contributed by atoms with Gasteiger partial charge in [-0.2, -0.15) is 0 Å². The fourth-order valence-corrected chi connectivity index (χ4v) is 1.68. The molecule has 1 heterocycles. The molecule has 1 aromatic rings. The number of hydrogen-bond acceptors (Lipinski definition) is 3. The Bertz CT molecular complexity index is 334. The molecule has 0 saturated heterocycles. The molecular weight excluding hydrogens is 247 g/mol. The molecule has 1 rings (SSSR count). The molecule has 0 aliphatic carbocycles. The van der Waals surface area contributed by atoms with Gasteiger partial charge in [0, 0.05) is 20.2 Å². The highest BCUT2D eigenvalue weighted by atomic mass is 35.5. The van der Waals surface area contributed by atoms with Crippen molar-refractivity contribution in [1.29, 1.82) is 0 Å². The second-order valence-electron chi connectivity index (χ2n) is 3.35. The molecule has 0 saturated carbocycles. The summed E-state index contributed by atoms with van der Waals surface area (Å²) in [6, 6.07) is 3.70. The first kappa shape index (κ1) is 13.6. The number of anilines is 1. The van der Waals surface area contributed by atoms with Gasteiger partial charge in [0.2, 0.25) is 0 Å². The number of alkyl halides is 1. The van der Waals surface area contributed by atoms with Crippen LogP contribution in [0.2, 0.25) is 5.02 Å². The lowest BCUT2D eigenvalue weighted by Gasteiger charge is -2.18. The van der Waals surface area contributed by atoms with Gasteiger partial charge in [-0.1, -0.05) is 11.6 Å². The van der Waals surface area contributed by atoms with Gasteiger partial charge < -0.3 is 9.64 Å². The highest BCUT2D eigenvalue weighted by Gasteiger charge is 2.06. The Morgan fingerprint density at radius 2 is 2.19 bits per heavy atom. The molecule has 90 valence electrons. The van der Waals surface area contributed by atoms with Crippen LogP contribution in [0.4, 0.5) is 5.82 Å². The number of hydrogen-bond donors (Lipinski definition) is 0. The van der Waals surface area contributed by atoms with Gasteiger partial charge in [0.1, 0.15) is 5.82 Å². The first-order valence-electron chi connectivity index (χ1n) is 5.19. The summed E-state index contributed by atoms with van der Waals surface area (Å²) in [4.78, 5) is 6.39. The van der Waals surface area contributed by atoms with Gasteiger partial charge in [0.05, 0.1) is 23.2 Å². The van der Waals surface area contributed by atoms with Crippen LogP contribution in [0.1, 0.15) is 12.6 Å². The van der Waals surface area contributed by atoms with E-state index in [0.717, 1.165) is 19.0 Å². The summed E-state index contributed by atoms with van der Waals surface area (Å²) < 4.78 is 5.28. The van der Waals surface area contributed by atoms with Gasteiger partial charge in [-0.15, -0.1) is 11.6 Å². The fourth-order valence-electron chi connectivity index (χ4n) is 1.24. The number of rotatable bonds is 6. The van der Waals surface area contributed by atoms with Gasteiger partial charge in [-0.25, -0.2) is 4.98 Å². The van der Waals surface area contributed by atoms with E-state index in [1.54, 1.807) is 0 Å². The molecule has 0 aliphatic rings. The van der Waals surface area contributed by atoms with Crippen molar-refractivity contribution >= 4 is 29.0 Å². The van der Waals surface area contributed by atoms with Gasteiger partial charge in [-0.05, 0) is 19.1 Å². The van der Waals surface area contributed by atoms with E-state index in [1.165, 1.54) is 0 Å². The molecule has 0 spiro atoms. The van der Waals surface area contributed by atoms with Crippen LogP contribution >= 0.6 is 23.2 Å². The molecule has 5 heteroatoms. The lowest BCUT2D eigenvalue weighted by atomic mass is 10.3. The molecule has 0 unspecified atom stereocenters. The second-order valence-corrected chi connectivity index (χ2v) is 4.02. The van der Waals surface area contributed by atoms with Gasteiger partial charge >= 0.3 is 0 Å². The average Bonchev–Trinajstić information content (AvgIpc) is 2.30. The Morgan fingerprint density at radius 3 is 2.81 bits per heavy atom. The van der Waals surface area contributed by atoms with Crippen LogP contribution < -0.4 is 4.90 Å². The monoisotopic (exact) mass is 262 g/mol. The van der Waals surface area contributed by atoms with E-state index in [4.69, 9.17) is 27.9 Å². The lowest BCUT2D eigenvalue weighted by molar-refractivity contribution is 0.154. The van der Waals surface area contributed by atoms with Crippen molar-refractivity contribution in [3.8, 4) is 0 Å². The summed E-state index contributed by atoms with van der Waals surface area (Å²) in [5.41, 5.74) is 0.712. The van der Waals surface area contributed by atoms with Crippen LogP contribution in [0, 0.1) is 0 Å². The van der Waals surface area contributed by atoms with Crippen LogP contribution in [-0.4, -0.2) is 31.8 Å². The molecule has 0 aliphatic heterocycles. The number of halogens is 2. The first-order valence-corrected chi connectivity index (χ1v) is 6.10. The standard InChI is InChI=1S/C11H16Cl2N2O/c1-3-16-7-6-15(2)11-5-4-9(13)10(8-12)14-11/h4-5H,3,6-8H2,1-2H3. The van der Waals surface area contributed by atoms with Crippen LogP contribution in [0.25, 0.3) is 0 Å². The molecule has 0 fully saturated rings. The van der Waals surface area contributed by atoms with Crippen molar-refractivity contribution in [3.63, 3.8) is 0 Å². The van der Waals surface area contributed by atoms with E-state index in [-0.39, 0.29) is 0 Å². The second kappa shape index (κ2) is 6.94. The summed E-state index contributed by atoms with van der Waals surface area (Å²) in [6.07, 6.45) is 0. The predicted molar refractivity (Wildman–Crippen MR) is 68.6 cm³/mol. The van der Waals surface area contributed by atoms with E-state index < -0.39 is 0 Å². The third-order valence-corrected chi connectivity index (χ3v) is 2.79. The topological polar surface area (TPSA) is 25.4 Å². The van der Waals surface area contributed by atoms with Crippen molar-refractivity contribution in [2.45, 2.75) is 12.8 Å². The molecule has 1 aromatic heterocycles.